The van der Waals surface area contributed by atoms with Crippen LogP contribution in [0, 0.1) is 0 Å². The molecular weight excluding hydrogens is 378 g/mol. The Kier molecular flexibility index (Phi) is 5.05. The lowest BCUT2D eigenvalue weighted by Crippen LogP contribution is -2.16. The van der Waals surface area contributed by atoms with E-state index in [9.17, 15) is 8.42 Å². The summed E-state index contributed by atoms with van der Waals surface area (Å²) in [4.78, 5) is 6.10. The third kappa shape index (κ3) is 4.09. The second-order valence-electron chi connectivity index (χ2n) is 6.32. The Hall–Kier alpha value is -2.51. The molecule has 0 spiro atoms. The number of fused-ring (bicyclic) bond motifs is 1. The van der Waals surface area contributed by atoms with Crippen molar-refractivity contribution in [3.8, 4) is 0 Å². The number of sulfonamides is 1. The summed E-state index contributed by atoms with van der Waals surface area (Å²) >= 11 is 1.58. The first-order valence-corrected chi connectivity index (χ1v) is 11.1. The van der Waals surface area contributed by atoms with Crippen LogP contribution in [0.25, 0.3) is 0 Å². The van der Waals surface area contributed by atoms with Crippen molar-refractivity contribution in [2.45, 2.75) is 30.6 Å². The number of benzene rings is 2. The Balaban J connectivity index is 1.73. The number of thiazole rings is 1. The first-order chi connectivity index (χ1) is 13.1. The zero-order chi connectivity index (χ0) is 18.7. The second kappa shape index (κ2) is 7.62. The number of anilines is 1. The number of hydrogen-bond acceptors (Lipinski definition) is 4. The van der Waals surface area contributed by atoms with Gasteiger partial charge in [-0.2, -0.15) is 8.42 Å². The molecule has 0 fully saturated rings. The van der Waals surface area contributed by atoms with E-state index in [0.717, 1.165) is 25.0 Å². The molecule has 1 aliphatic rings. The van der Waals surface area contributed by atoms with Crippen molar-refractivity contribution in [2.24, 2.45) is 4.40 Å². The van der Waals surface area contributed by atoms with Crippen LogP contribution in [-0.4, -0.2) is 19.2 Å². The zero-order valence-corrected chi connectivity index (χ0v) is 16.3. The molecule has 0 atom stereocenters. The van der Waals surface area contributed by atoms with Crippen molar-refractivity contribution in [3.05, 3.63) is 76.8 Å². The summed E-state index contributed by atoms with van der Waals surface area (Å²) in [6.45, 7) is 0. The maximum atomic E-state index is 12.8. The van der Waals surface area contributed by atoms with E-state index >= 15 is 0 Å². The van der Waals surface area contributed by atoms with Gasteiger partial charge in [0, 0.05) is 10.4 Å². The molecule has 1 heterocycles. The second-order valence-corrected chi connectivity index (χ2v) is 9.00. The van der Waals surface area contributed by atoms with Crippen molar-refractivity contribution in [3.63, 3.8) is 0 Å². The first kappa shape index (κ1) is 17.9. The van der Waals surface area contributed by atoms with Gasteiger partial charge in [0.05, 0.1) is 10.6 Å². The molecule has 1 N–H and O–H groups in total. The van der Waals surface area contributed by atoms with E-state index in [1.165, 1.54) is 11.3 Å². The Bertz CT molecular complexity index is 1040. The predicted octanol–water partition coefficient (Wildman–Crippen LogP) is 4.27. The molecule has 0 unspecified atom stereocenters. The van der Waals surface area contributed by atoms with Gasteiger partial charge in [-0.05, 0) is 37.8 Å². The minimum absolute atomic E-state index is 0.165. The van der Waals surface area contributed by atoms with Gasteiger partial charge in [-0.25, -0.2) is 4.98 Å². The molecule has 2 aromatic carbocycles. The molecule has 1 aromatic heterocycles. The molecule has 5 nitrogen and oxygen atoms in total. The maximum absolute atomic E-state index is 12.8. The molecule has 138 valence electrons. The largest absolute Gasteiger partial charge is 0.315 e. The molecule has 3 aromatic rings. The minimum atomic E-state index is -3.83. The third-order valence-corrected chi connectivity index (χ3v) is 6.73. The zero-order valence-electron chi connectivity index (χ0n) is 14.6. The van der Waals surface area contributed by atoms with Crippen LogP contribution in [0.2, 0.25) is 0 Å². The number of hydrogen-bond donors (Lipinski definition) is 1. The van der Waals surface area contributed by atoms with Crippen LogP contribution < -0.4 is 5.32 Å². The van der Waals surface area contributed by atoms with Gasteiger partial charge in [0.15, 0.2) is 11.0 Å². The van der Waals surface area contributed by atoms with E-state index in [1.807, 2.05) is 30.3 Å². The molecule has 27 heavy (non-hydrogen) atoms. The summed E-state index contributed by atoms with van der Waals surface area (Å²) in [6, 6.07) is 17.5. The molecule has 0 radical (unpaired) electrons. The molecule has 4 rings (SSSR count). The van der Waals surface area contributed by atoms with Gasteiger partial charge in [0.2, 0.25) is 0 Å². The number of rotatable bonds is 4. The Morgan fingerprint density at radius 2 is 1.63 bits per heavy atom. The van der Waals surface area contributed by atoms with Gasteiger partial charge < -0.3 is 5.32 Å². The highest BCUT2D eigenvalue weighted by Crippen LogP contribution is 2.30. The smallest absolute Gasteiger partial charge is 0.284 e. The van der Waals surface area contributed by atoms with Crippen molar-refractivity contribution < 1.29 is 8.42 Å². The third-order valence-electron chi connectivity index (χ3n) is 4.37. The Morgan fingerprint density at radius 1 is 0.963 bits per heavy atom. The van der Waals surface area contributed by atoms with Crippen LogP contribution in [0.4, 0.5) is 5.13 Å². The number of aromatic nitrogens is 1. The fourth-order valence-corrected chi connectivity index (χ4v) is 5.06. The van der Waals surface area contributed by atoms with Gasteiger partial charge in [0.1, 0.15) is 0 Å². The van der Waals surface area contributed by atoms with Crippen LogP contribution >= 0.6 is 11.3 Å². The van der Waals surface area contributed by atoms with Gasteiger partial charge in [-0.1, -0.05) is 48.5 Å². The van der Waals surface area contributed by atoms with Gasteiger partial charge in [-0.3, -0.25) is 0 Å². The molecule has 0 amide bonds. The SMILES string of the molecule is O=S(=O)(N=C(Nc1nc2c(s1)CCCC2)c1ccccc1)c1ccccc1. The summed E-state index contributed by atoms with van der Waals surface area (Å²) in [7, 11) is -3.83. The van der Waals surface area contributed by atoms with E-state index in [0.29, 0.717) is 10.7 Å². The average molecular weight is 398 g/mol. The van der Waals surface area contributed by atoms with Crippen molar-refractivity contribution in [1.82, 2.24) is 4.98 Å². The van der Waals surface area contributed by atoms with Crippen LogP contribution in [0.3, 0.4) is 0 Å². The minimum Gasteiger partial charge on any atom is -0.315 e. The average Bonchev–Trinajstić information content (AvgIpc) is 3.11. The highest BCUT2D eigenvalue weighted by molar-refractivity contribution is 7.90. The van der Waals surface area contributed by atoms with Crippen LogP contribution in [0.1, 0.15) is 29.0 Å². The van der Waals surface area contributed by atoms with Gasteiger partial charge >= 0.3 is 0 Å². The topological polar surface area (TPSA) is 71.4 Å². The quantitative estimate of drug-likeness (QED) is 0.527. The Morgan fingerprint density at radius 3 is 2.33 bits per heavy atom. The fourth-order valence-electron chi connectivity index (χ4n) is 3.02. The normalized spacial score (nSPS) is 14.6. The van der Waals surface area contributed by atoms with Gasteiger partial charge in [0.25, 0.3) is 10.0 Å². The molecule has 0 saturated carbocycles. The predicted molar refractivity (Wildman–Crippen MR) is 109 cm³/mol. The summed E-state index contributed by atoms with van der Waals surface area (Å²) < 4.78 is 29.6. The van der Waals surface area contributed by atoms with E-state index in [-0.39, 0.29) is 10.7 Å². The highest BCUT2D eigenvalue weighted by atomic mass is 32.2. The summed E-state index contributed by atoms with van der Waals surface area (Å²) in [5, 5.41) is 3.84. The summed E-state index contributed by atoms with van der Waals surface area (Å²) in [6.07, 6.45) is 4.34. The lowest BCUT2D eigenvalue weighted by molar-refractivity contribution is 0.598. The standard InChI is InChI=1S/C20H19N3O2S2/c24-27(25,16-11-5-2-6-12-16)23-19(15-9-3-1-4-10-15)22-20-21-17-13-7-8-14-18(17)26-20/h1-6,9-12H,7-8,13-14H2,(H,21,22,23). The fraction of sp³-hybridized carbons (Fsp3) is 0.200. The summed E-state index contributed by atoms with van der Waals surface area (Å²) in [5.74, 6) is 0.283. The molecular formula is C20H19N3O2S2. The van der Waals surface area contributed by atoms with E-state index in [1.54, 1.807) is 41.7 Å². The van der Waals surface area contributed by atoms with E-state index in [4.69, 9.17) is 0 Å². The number of nitrogens with one attached hydrogen (secondary N) is 1. The number of aryl methyl sites for hydroxylation is 2. The van der Waals surface area contributed by atoms with E-state index < -0.39 is 10.0 Å². The molecule has 0 bridgehead atoms. The maximum Gasteiger partial charge on any atom is 0.284 e. The van der Waals surface area contributed by atoms with Crippen molar-refractivity contribution >= 4 is 32.3 Å². The van der Waals surface area contributed by atoms with Crippen LogP contribution in [-0.2, 0) is 22.9 Å². The number of nitrogens with zero attached hydrogens (tertiary/aromatic N) is 2. The van der Waals surface area contributed by atoms with Crippen LogP contribution in [0.5, 0.6) is 0 Å². The van der Waals surface area contributed by atoms with E-state index in [2.05, 4.69) is 14.7 Å². The van der Waals surface area contributed by atoms with Crippen molar-refractivity contribution in [1.29, 1.82) is 0 Å². The lowest BCUT2D eigenvalue weighted by atomic mass is 10.0. The molecule has 0 saturated heterocycles. The van der Waals surface area contributed by atoms with Gasteiger partial charge in [-0.15, -0.1) is 15.7 Å². The van der Waals surface area contributed by atoms with Crippen molar-refractivity contribution in [2.75, 3.05) is 5.32 Å². The Labute approximate surface area is 162 Å². The summed E-state index contributed by atoms with van der Waals surface area (Å²) in [5.41, 5.74) is 1.82. The highest BCUT2D eigenvalue weighted by Gasteiger charge is 2.19. The van der Waals surface area contributed by atoms with Crippen LogP contribution in [0.15, 0.2) is 70.0 Å². The lowest BCUT2D eigenvalue weighted by Gasteiger charge is -2.08. The number of amidine groups is 1. The molecule has 1 aliphatic carbocycles. The first-order valence-electron chi connectivity index (χ1n) is 8.83. The molecule has 7 heteroatoms. The molecule has 0 aliphatic heterocycles. The monoisotopic (exact) mass is 397 g/mol.